The van der Waals surface area contributed by atoms with Crippen molar-refractivity contribution < 1.29 is 12.8 Å². The number of fused-ring (bicyclic) bond motifs is 1. The zero-order chi connectivity index (χ0) is 13.6. The molecule has 0 aromatic heterocycles. The largest absolute Gasteiger partial charge is 0.316 e. The first kappa shape index (κ1) is 13.0. The van der Waals surface area contributed by atoms with Crippen LogP contribution < -0.4 is 5.32 Å². The fourth-order valence-corrected chi connectivity index (χ4v) is 4.79. The summed E-state index contributed by atoms with van der Waals surface area (Å²) in [4.78, 5) is 0.0976. The highest BCUT2D eigenvalue weighted by molar-refractivity contribution is 7.89. The standard InChI is InChI=1S/C13H17FN2O2S/c1-9-2-3-12(14)4-13(9)19(17,18)16-7-10-5-15-6-11(10)8-16/h2-4,10-11,15H,5-8H2,1H3/t10-,11+. The van der Waals surface area contributed by atoms with Gasteiger partial charge in [-0.3, -0.25) is 0 Å². The first-order valence-electron chi connectivity index (χ1n) is 6.45. The Kier molecular flexibility index (Phi) is 3.11. The molecule has 0 unspecified atom stereocenters. The second kappa shape index (κ2) is 4.54. The summed E-state index contributed by atoms with van der Waals surface area (Å²) in [6.45, 7) is 4.52. The van der Waals surface area contributed by atoms with Gasteiger partial charge in [-0.15, -0.1) is 0 Å². The van der Waals surface area contributed by atoms with Gasteiger partial charge in [-0.2, -0.15) is 4.31 Å². The quantitative estimate of drug-likeness (QED) is 0.880. The van der Waals surface area contributed by atoms with Gasteiger partial charge in [-0.1, -0.05) is 6.07 Å². The van der Waals surface area contributed by atoms with Crippen LogP contribution in [0.15, 0.2) is 23.1 Å². The van der Waals surface area contributed by atoms with E-state index in [2.05, 4.69) is 5.32 Å². The fraction of sp³-hybridized carbons (Fsp3) is 0.538. The van der Waals surface area contributed by atoms with Crippen LogP contribution in [0.1, 0.15) is 5.56 Å². The van der Waals surface area contributed by atoms with Crippen molar-refractivity contribution in [3.8, 4) is 0 Å². The second-order valence-corrected chi connectivity index (χ2v) is 7.32. The van der Waals surface area contributed by atoms with Gasteiger partial charge in [0.1, 0.15) is 5.82 Å². The van der Waals surface area contributed by atoms with Gasteiger partial charge >= 0.3 is 0 Å². The van der Waals surface area contributed by atoms with Gasteiger partial charge in [0.15, 0.2) is 0 Å². The normalized spacial score (nSPS) is 27.7. The van der Waals surface area contributed by atoms with E-state index in [1.54, 1.807) is 6.92 Å². The van der Waals surface area contributed by atoms with Gasteiger partial charge < -0.3 is 5.32 Å². The summed E-state index contributed by atoms with van der Waals surface area (Å²) in [7, 11) is -3.57. The SMILES string of the molecule is Cc1ccc(F)cc1S(=O)(=O)N1C[C@H]2CNC[C@H]2C1. The average molecular weight is 284 g/mol. The number of sulfonamides is 1. The molecule has 1 N–H and O–H groups in total. The minimum atomic E-state index is -3.57. The molecule has 2 fully saturated rings. The molecule has 0 amide bonds. The average Bonchev–Trinajstić information content (AvgIpc) is 2.92. The van der Waals surface area contributed by atoms with E-state index in [9.17, 15) is 12.8 Å². The van der Waals surface area contributed by atoms with Crippen LogP contribution in [0.4, 0.5) is 4.39 Å². The van der Waals surface area contributed by atoms with Crippen molar-refractivity contribution in [2.24, 2.45) is 11.8 Å². The van der Waals surface area contributed by atoms with Gasteiger partial charge in [-0.25, -0.2) is 12.8 Å². The van der Waals surface area contributed by atoms with Crippen molar-refractivity contribution >= 4 is 10.0 Å². The van der Waals surface area contributed by atoms with Crippen molar-refractivity contribution in [1.29, 1.82) is 0 Å². The molecule has 0 saturated carbocycles. The molecule has 1 aromatic carbocycles. The molecule has 2 heterocycles. The maximum atomic E-state index is 13.3. The Bertz CT molecular complexity index is 591. The zero-order valence-corrected chi connectivity index (χ0v) is 11.6. The summed E-state index contributed by atoms with van der Waals surface area (Å²) in [5.74, 6) is 0.275. The maximum Gasteiger partial charge on any atom is 0.243 e. The van der Waals surface area contributed by atoms with Gasteiger partial charge in [-0.05, 0) is 49.5 Å². The number of hydrogen-bond acceptors (Lipinski definition) is 3. The molecule has 0 bridgehead atoms. The number of hydrogen-bond donors (Lipinski definition) is 1. The molecule has 2 aliphatic rings. The minimum Gasteiger partial charge on any atom is -0.316 e. The van der Waals surface area contributed by atoms with Crippen molar-refractivity contribution in [3.05, 3.63) is 29.6 Å². The van der Waals surface area contributed by atoms with Crippen molar-refractivity contribution in [3.63, 3.8) is 0 Å². The maximum absolute atomic E-state index is 13.3. The molecular formula is C13H17FN2O2S. The Labute approximate surface area is 112 Å². The summed E-state index contributed by atoms with van der Waals surface area (Å²) in [5, 5.41) is 3.28. The Morgan fingerprint density at radius 3 is 2.53 bits per heavy atom. The highest BCUT2D eigenvalue weighted by atomic mass is 32.2. The third-order valence-electron chi connectivity index (χ3n) is 4.12. The molecule has 2 saturated heterocycles. The van der Waals surface area contributed by atoms with E-state index < -0.39 is 15.8 Å². The lowest BCUT2D eigenvalue weighted by Gasteiger charge is -2.18. The van der Waals surface area contributed by atoms with Crippen LogP contribution in [-0.2, 0) is 10.0 Å². The number of benzene rings is 1. The molecule has 104 valence electrons. The summed E-state index contributed by atoms with van der Waals surface area (Å²) in [6, 6.07) is 3.93. The van der Waals surface area contributed by atoms with E-state index in [1.807, 2.05) is 0 Å². The lowest BCUT2D eigenvalue weighted by molar-refractivity contribution is 0.447. The van der Waals surface area contributed by atoms with E-state index in [1.165, 1.54) is 16.4 Å². The van der Waals surface area contributed by atoms with Gasteiger partial charge in [0.25, 0.3) is 0 Å². The minimum absolute atomic E-state index is 0.0976. The molecule has 3 rings (SSSR count). The number of aryl methyl sites for hydroxylation is 1. The number of nitrogens with one attached hydrogen (secondary N) is 1. The van der Waals surface area contributed by atoms with Crippen molar-refractivity contribution in [2.75, 3.05) is 26.2 Å². The summed E-state index contributed by atoms with van der Waals surface area (Å²) in [6.07, 6.45) is 0. The molecule has 19 heavy (non-hydrogen) atoms. The zero-order valence-electron chi connectivity index (χ0n) is 10.8. The van der Waals surface area contributed by atoms with E-state index in [0.717, 1.165) is 19.2 Å². The lowest BCUT2D eigenvalue weighted by atomic mass is 10.0. The predicted molar refractivity (Wildman–Crippen MR) is 69.7 cm³/mol. The summed E-state index contributed by atoms with van der Waals surface area (Å²) in [5.41, 5.74) is 0.594. The molecule has 4 nitrogen and oxygen atoms in total. The fourth-order valence-electron chi connectivity index (χ4n) is 3.00. The first-order valence-corrected chi connectivity index (χ1v) is 7.89. The summed E-state index contributed by atoms with van der Waals surface area (Å²) < 4.78 is 40.0. The molecule has 6 heteroatoms. The molecule has 0 spiro atoms. The van der Waals surface area contributed by atoms with Crippen LogP contribution in [0, 0.1) is 24.6 Å². The Morgan fingerprint density at radius 2 is 1.89 bits per heavy atom. The second-order valence-electron chi connectivity index (χ2n) is 5.41. The van der Waals surface area contributed by atoms with Crippen LogP contribution in [-0.4, -0.2) is 38.9 Å². The van der Waals surface area contributed by atoms with E-state index in [0.29, 0.717) is 30.5 Å². The van der Waals surface area contributed by atoms with Crippen LogP contribution in [0.3, 0.4) is 0 Å². The molecule has 0 radical (unpaired) electrons. The van der Waals surface area contributed by atoms with Gasteiger partial charge in [0.05, 0.1) is 4.90 Å². The molecule has 0 aliphatic carbocycles. The number of rotatable bonds is 2. The molecular weight excluding hydrogens is 267 g/mol. The van der Waals surface area contributed by atoms with Crippen LogP contribution in [0.25, 0.3) is 0 Å². The Morgan fingerprint density at radius 1 is 1.26 bits per heavy atom. The molecule has 2 atom stereocenters. The predicted octanol–water partition coefficient (Wildman–Crippen LogP) is 0.974. The molecule has 2 aliphatic heterocycles. The van der Waals surface area contributed by atoms with Crippen molar-refractivity contribution in [2.45, 2.75) is 11.8 Å². The third-order valence-corrected chi connectivity index (χ3v) is 6.10. The number of halogens is 1. The Balaban J connectivity index is 1.93. The highest BCUT2D eigenvalue weighted by Crippen LogP contribution is 2.31. The third kappa shape index (κ3) is 2.17. The smallest absolute Gasteiger partial charge is 0.243 e. The number of nitrogens with zero attached hydrogens (tertiary/aromatic N) is 1. The van der Waals surface area contributed by atoms with Crippen LogP contribution >= 0.6 is 0 Å². The van der Waals surface area contributed by atoms with Gasteiger partial charge in [0, 0.05) is 13.1 Å². The van der Waals surface area contributed by atoms with E-state index in [4.69, 9.17) is 0 Å². The monoisotopic (exact) mass is 284 g/mol. The highest BCUT2D eigenvalue weighted by Gasteiger charge is 2.41. The first-order chi connectivity index (χ1) is 8.98. The van der Waals surface area contributed by atoms with Gasteiger partial charge in [0.2, 0.25) is 10.0 Å². The van der Waals surface area contributed by atoms with E-state index >= 15 is 0 Å². The topological polar surface area (TPSA) is 49.4 Å². The lowest BCUT2D eigenvalue weighted by Crippen LogP contribution is -2.32. The Hall–Kier alpha value is -0.980. The van der Waals surface area contributed by atoms with Crippen LogP contribution in [0.2, 0.25) is 0 Å². The van der Waals surface area contributed by atoms with E-state index in [-0.39, 0.29) is 4.90 Å². The van der Waals surface area contributed by atoms with Crippen LogP contribution in [0.5, 0.6) is 0 Å². The van der Waals surface area contributed by atoms with Crippen molar-refractivity contribution in [1.82, 2.24) is 9.62 Å². The molecule has 1 aromatic rings. The summed E-state index contributed by atoms with van der Waals surface area (Å²) >= 11 is 0.